The maximum atomic E-state index is 13.1. The molecule has 1 aromatic carbocycles. The number of thiophene rings is 1. The topological polar surface area (TPSA) is 64.6 Å². The van der Waals surface area contributed by atoms with Crippen LogP contribution in [0.2, 0.25) is 0 Å². The maximum absolute atomic E-state index is 13.1. The van der Waals surface area contributed by atoms with E-state index in [2.05, 4.69) is 33.0 Å². The molecule has 0 saturated heterocycles. The Bertz CT molecular complexity index is 973. The Balaban J connectivity index is 1.82. The molecule has 1 N–H and O–H groups in total. The molecule has 5 nitrogen and oxygen atoms in total. The number of rotatable bonds is 9. The second kappa shape index (κ2) is 11.2. The minimum Gasteiger partial charge on any atom is -0.494 e. The Morgan fingerprint density at radius 1 is 1.18 bits per heavy atom. The van der Waals surface area contributed by atoms with Gasteiger partial charge in [0, 0.05) is 10.4 Å². The highest BCUT2D eigenvalue weighted by Crippen LogP contribution is 2.44. The molecule has 1 unspecified atom stereocenters. The number of anilines is 1. The van der Waals surface area contributed by atoms with Crippen LogP contribution in [-0.2, 0) is 17.6 Å². The van der Waals surface area contributed by atoms with Crippen LogP contribution in [0, 0.1) is 11.3 Å². The van der Waals surface area contributed by atoms with E-state index in [0.29, 0.717) is 41.0 Å². The monoisotopic (exact) mass is 471 g/mol. The lowest BCUT2D eigenvalue weighted by molar-refractivity contribution is 0.0526. The van der Waals surface area contributed by atoms with Crippen molar-refractivity contribution >= 4 is 28.2 Å². The highest BCUT2D eigenvalue weighted by molar-refractivity contribution is 7.17. The summed E-state index contributed by atoms with van der Waals surface area (Å²) in [4.78, 5) is 27.1. The van der Waals surface area contributed by atoms with E-state index < -0.39 is 0 Å². The third-order valence-corrected chi connectivity index (χ3v) is 7.48. The molecule has 0 saturated carbocycles. The molecular formula is C27H37NO4S. The predicted molar refractivity (Wildman–Crippen MR) is 135 cm³/mol. The molecule has 1 heterocycles. The number of nitrogens with one attached hydrogen (secondary N) is 1. The third-order valence-electron chi connectivity index (χ3n) is 6.31. The van der Waals surface area contributed by atoms with Gasteiger partial charge in [-0.05, 0) is 67.7 Å². The standard InChI is InChI=1S/C27H37NO4S/c1-6-8-9-15-32-20-12-10-11-18(16-20)24(29)28-25-23(26(30)31-7-2)21-14-13-19(27(3,4)5)17-22(21)33-25/h10-12,16,19H,6-9,13-15,17H2,1-5H3,(H,28,29). The first-order valence-electron chi connectivity index (χ1n) is 12.1. The fourth-order valence-electron chi connectivity index (χ4n) is 4.28. The van der Waals surface area contributed by atoms with E-state index in [-0.39, 0.29) is 17.3 Å². The second-order valence-corrected chi connectivity index (χ2v) is 10.9. The summed E-state index contributed by atoms with van der Waals surface area (Å²) in [5, 5.41) is 3.59. The number of hydrogen-bond acceptors (Lipinski definition) is 5. The van der Waals surface area contributed by atoms with Gasteiger partial charge in [-0.3, -0.25) is 4.79 Å². The van der Waals surface area contributed by atoms with Crippen molar-refractivity contribution in [2.45, 2.75) is 73.1 Å². The fraction of sp³-hybridized carbons (Fsp3) is 0.556. The van der Waals surface area contributed by atoms with E-state index in [1.54, 1.807) is 19.1 Å². The highest BCUT2D eigenvalue weighted by atomic mass is 32.1. The molecule has 1 aliphatic rings. The number of esters is 1. The molecule has 1 aromatic heterocycles. The number of fused-ring (bicyclic) bond motifs is 1. The average Bonchev–Trinajstić information content (AvgIpc) is 3.13. The minimum atomic E-state index is -0.354. The van der Waals surface area contributed by atoms with Gasteiger partial charge in [0.25, 0.3) is 5.91 Å². The van der Waals surface area contributed by atoms with Crippen LogP contribution in [-0.4, -0.2) is 25.1 Å². The largest absolute Gasteiger partial charge is 0.494 e. The summed E-state index contributed by atoms with van der Waals surface area (Å²) in [7, 11) is 0. The van der Waals surface area contributed by atoms with Crippen molar-refractivity contribution in [3.05, 3.63) is 45.8 Å². The summed E-state index contributed by atoms with van der Waals surface area (Å²) >= 11 is 1.52. The molecule has 3 rings (SSSR count). The first-order chi connectivity index (χ1) is 15.7. The van der Waals surface area contributed by atoms with Crippen LogP contribution >= 0.6 is 11.3 Å². The van der Waals surface area contributed by atoms with Crippen LogP contribution in [0.5, 0.6) is 5.75 Å². The van der Waals surface area contributed by atoms with Crippen LogP contribution in [0.3, 0.4) is 0 Å². The summed E-state index contributed by atoms with van der Waals surface area (Å²) < 4.78 is 11.2. The molecule has 0 radical (unpaired) electrons. The van der Waals surface area contributed by atoms with Gasteiger partial charge >= 0.3 is 5.97 Å². The number of carbonyl (C=O) groups excluding carboxylic acids is 2. The van der Waals surface area contributed by atoms with Gasteiger partial charge in [0.05, 0.1) is 18.8 Å². The summed E-state index contributed by atoms with van der Waals surface area (Å²) in [5.74, 6) is 0.629. The molecule has 1 amide bonds. The van der Waals surface area contributed by atoms with E-state index in [1.807, 2.05) is 12.1 Å². The van der Waals surface area contributed by atoms with Crippen LogP contribution in [0.15, 0.2) is 24.3 Å². The van der Waals surface area contributed by atoms with Gasteiger partial charge in [-0.25, -0.2) is 4.79 Å². The molecule has 0 fully saturated rings. The van der Waals surface area contributed by atoms with Gasteiger partial charge in [-0.1, -0.05) is 46.6 Å². The predicted octanol–water partition coefficient (Wildman–Crippen LogP) is 6.90. The molecule has 33 heavy (non-hydrogen) atoms. The van der Waals surface area contributed by atoms with Crippen LogP contribution in [0.4, 0.5) is 5.00 Å². The number of carbonyl (C=O) groups is 2. The molecule has 0 aliphatic heterocycles. The van der Waals surface area contributed by atoms with Crippen molar-refractivity contribution < 1.29 is 19.1 Å². The molecule has 6 heteroatoms. The van der Waals surface area contributed by atoms with Crippen molar-refractivity contribution in [3.63, 3.8) is 0 Å². The lowest BCUT2D eigenvalue weighted by Crippen LogP contribution is -2.26. The van der Waals surface area contributed by atoms with Gasteiger partial charge in [-0.15, -0.1) is 11.3 Å². The lowest BCUT2D eigenvalue weighted by Gasteiger charge is -2.33. The molecule has 2 aromatic rings. The summed E-state index contributed by atoms with van der Waals surface area (Å²) in [6.07, 6.45) is 6.04. The summed E-state index contributed by atoms with van der Waals surface area (Å²) in [6.45, 7) is 11.7. The van der Waals surface area contributed by atoms with Crippen molar-refractivity contribution in [2.75, 3.05) is 18.5 Å². The van der Waals surface area contributed by atoms with Gasteiger partial charge < -0.3 is 14.8 Å². The third kappa shape index (κ3) is 6.38. The Morgan fingerprint density at radius 3 is 2.67 bits per heavy atom. The van der Waals surface area contributed by atoms with Gasteiger partial charge in [0.15, 0.2) is 0 Å². The number of benzene rings is 1. The highest BCUT2D eigenvalue weighted by Gasteiger charge is 2.34. The first-order valence-corrected chi connectivity index (χ1v) is 12.9. The summed E-state index contributed by atoms with van der Waals surface area (Å²) in [5.41, 5.74) is 2.29. The SMILES string of the molecule is CCCCCOc1cccc(C(=O)Nc2sc3c(c2C(=O)OCC)CCC(C(C)(C)C)C3)c1. The number of amides is 1. The van der Waals surface area contributed by atoms with Crippen LogP contribution in [0.25, 0.3) is 0 Å². The molecule has 180 valence electrons. The molecule has 0 spiro atoms. The van der Waals surface area contributed by atoms with E-state index in [0.717, 1.165) is 44.1 Å². The van der Waals surface area contributed by atoms with Crippen molar-refractivity contribution in [3.8, 4) is 5.75 Å². The average molecular weight is 472 g/mol. The van der Waals surface area contributed by atoms with Crippen LogP contribution < -0.4 is 10.1 Å². The molecular weight excluding hydrogens is 434 g/mol. The quantitative estimate of drug-likeness (QED) is 0.319. The summed E-state index contributed by atoms with van der Waals surface area (Å²) in [6, 6.07) is 7.21. The van der Waals surface area contributed by atoms with Crippen molar-refractivity contribution in [1.29, 1.82) is 0 Å². The Kier molecular flexibility index (Phi) is 8.57. The molecule has 1 aliphatic carbocycles. The first kappa shape index (κ1) is 25.3. The van der Waals surface area contributed by atoms with Gasteiger partial charge in [0.1, 0.15) is 10.8 Å². The fourth-order valence-corrected chi connectivity index (χ4v) is 5.59. The number of hydrogen-bond donors (Lipinski definition) is 1. The van der Waals surface area contributed by atoms with Crippen molar-refractivity contribution in [2.24, 2.45) is 11.3 Å². The zero-order chi connectivity index (χ0) is 24.0. The Hall–Kier alpha value is -2.34. The second-order valence-electron chi connectivity index (χ2n) is 9.77. The van der Waals surface area contributed by atoms with Crippen LogP contribution in [0.1, 0.15) is 91.5 Å². The Labute approximate surface area is 201 Å². The lowest BCUT2D eigenvalue weighted by atomic mass is 9.72. The number of ether oxygens (including phenoxy) is 2. The van der Waals surface area contributed by atoms with Gasteiger partial charge in [-0.2, -0.15) is 0 Å². The normalized spacial score (nSPS) is 15.6. The zero-order valence-electron chi connectivity index (χ0n) is 20.6. The number of unbranched alkanes of at least 4 members (excludes halogenated alkanes) is 2. The minimum absolute atomic E-state index is 0.201. The molecule has 0 bridgehead atoms. The van der Waals surface area contributed by atoms with E-state index in [4.69, 9.17) is 9.47 Å². The van der Waals surface area contributed by atoms with E-state index >= 15 is 0 Å². The Morgan fingerprint density at radius 2 is 1.97 bits per heavy atom. The van der Waals surface area contributed by atoms with E-state index in [1.165, 1.54) is 16.2 Å². The molecule has 1 atom stereocenters. The van der Waals surface area contributed by atoms with Crippen molar-refractivity contribution in [1.82, 2.24) is 0 Å². The maximum Gasteiger partial charge on any atom is 0.341 e. The zero-order valence-corrected chi connectivity index (χ0v) is 21.4. The smallest absolute Gasteiger partial charge is 0.341 e. The van der Waals surface area contributed by atoms with E-state index in [9.17, 15) is 9.59 Å². The van der Waals surface area contributed by atoms with Gasteiger partial charge in [0.2, 0.25) is 0 Å².